The van der Waals surface area contributed by atoms with Crippen LogP contribution in [0.15, 0.2) is 73.5 Å². The van der Waals surface area contributed by atoms with E-state index >= 15 is 0 Å². The van der Waals surface area contributed by atoms with Crippen molar-refractivity contribution in [2.75, 3.05) is 5.32 Å². The Bertz CT molecular complexity index is 1140. The minimum absolute atomic E-state index is 0.109. The molecule has 0 bridgehead atoms. The Morgan fingerprint density at radius 2 is 1.76 bits per heavy atom. The highest BCUT2D eigenvalue weighted by atomic mass is 16.3. The van der Waals surface area contributed by atoms with Crippen molar-refractivity contribution in [1.82, 2.24) is 20.7 Å². The number of carbonyl (C=O) groups is 3. The first-order chi connectivity index (χ1) is 16.3. The van der Waals surface area contributed by atoms with Crippen LogP contribution in [0.1, 0.15) is 28.5 Å². The molecule has 3 rings (SSSR count). The average Bonchev–Trinajstić information content (AvgIpc) is 3.35. The second-order valence-electron chi connectivity index (χ2n) is 7.04. The molecule has 0 unspecified atom stereocenters. The number of benzene rings is 2. The predicted molar refractivity (Wildman–Crippen MR) is 129 cm³/mol. The summed E-state index contributed by atoms with van der Waals surface area (Å²) in [5.41, 5.74) is 7.90. The van der Waals surface area contributed by atoms with E-state index < -0.39 is 17.9 Å². The van der Waals surface area contributed by atoms with Gasteiger partial charge in [0, 0.05) is 23.2 Å². The molecular weight excluding hydrogens is 436 g/mol. The van der Waals surface area contributed by atoms with E-state index in [-0.39, 0.29) is 18.1 Å². The molecule has 0 fully saturated rings. The van der Waals surface area contributed by atoms with Gasteiger partial charge in [0.1, 0.15) is 11.8 Å². The molecule has 34 heavy (non-hydrogen) atoms. The molecule has 0 spiro atoms. The van der Waals surface area contributed by atoms with Crippen molar-refractivity contribution in [3.63, 3.8) is 0 Å². The van der Waals surface area contributed by atoms with E-state index in [1.807, 2.05) is 0 Å². The number of carbonyl (C=O) groups excluding carboxylic acids is 3. The van der Waals surface area contributed by atoms with Crippen molar-refractivity contribution in [1.29, 1.82) is 0 Å². The third kappa shape index (κ3) is 7.45. The molecular formula is C24H26N6O4. The molecule has 3 aromatic rings. The summed E-state index contributed by atoms with van der Waals surface area (Å²) in [4.78, 5) is 36.5. The number of amides is 3. The second-order valence-corrected chi connectivity index (χ2v) is 7.04. The highest BCUT2D eigenvalue weighted by Gasteiger charge is 2.20. The van der Waals surface area contributed by atoms with Gasteiger partial charge in [-0.1, -0.05) is 12.1 Å². The number of primary amides is 1. The zero-order chi connectivity index (χ0) is 25.1. The topological polar surface area (TPSA) is 163 Å². The second kappa shape index (κ2) is 12.3. The van der Waals surface area contributed by atoms with Gasteiger partial charge in [0.05, 0.1) is 11.9 Å². The first-order valence-corrected chi connectivity index (χ1v) is 10.2. The van der Waals surface area contributed by atoms with E-state index in [1.54, 1.807) is 37.3 Å². The molecule has 0 aliphatic rings. The number of nitrogens with zero attached hydrogens (tertiary/aromatic N) is 2. The van der Waals surface area contributed by atoms with Crippen molar-refractivity contribution < 1.29 is 19.5 Å². The maximum Gasteiger partial charge on any atom is 0.251 e. The van der Waals surface area contributed by atoms with Gasteiger partial charge in [0.2, 0.25) is 5.91 Å². The minimum Gasteiger partial charge on any atom is -0.508 e. The summed E-state index contributed by atoms with van der Waals surface area (Å²) in [7, 11) is 0. The average molecular weight is 463 g/mol. The van der Waals surface area contributed by atoms with Crippen molar-refractivity contribution in [3.05, 3.63) is 90.3 Å². The Kier molecular flexibility index (Phi) is 9.27. The zero-order valence-corrected chi connectivity index (χ0v) is 18.6. The lowest BCUT2D eigenvalue weighted by atomic mass is 10.1. The van der Waals surface area contributed by atoms with E-state index in [1.165, 1.54) is 30.5 Å². The van der Waals surface area contributed by atoms with Crippen LogP contribution in [-0.4, -0.2) is 44.3 Å². The zero-order valence-electron chi connectivity index (χ0n) is 18.6. The molecule has 0 saturated carbocycles. The summed E-state index contributed by atoms with van der Waals surface area (Å²) in [6.45, 7) is 7.67. The molecule has 0 aliphatic heterocycles. The van der Waals surface area contributed by atoms with Crippen LogP contribution in [-0.2, 0) is 16.0 Å². The molecule has 0 radical (unpaired) electrons. The van der Waals surface area contributed by atoms with Crippen LogP contribution >= 0.6 is 0 Å². The predicted octanol–water partition coefficient (Wildman–Crippen LogP) is 2.18. The molecule has 176 valence electrons. The first kappa shape index (κ1) is 25.5. The van der Waals surface area contributed by atoms with Crippen molar-refractivity contribution in [2.45, 2.75) is 19.4 Å². The molecule has 1 aromatic heterocycles. The number of hydrogen-bond acceptors (Lipinski definition) is 6. The van der Waals surface area contributed by atoms with Crippen molar-refractivity contribution in [2.24, 2.45) is 5.73 Å². The van der Waals surface area contributed by atoms with Crippen LogP contribution in [0.4, 0.5) is 5.69 Å². The molecule has 6 N–H and O–H groups in total. The minimum atomic E-state index is -0.945. The highest BCUT2D eigenvalue weighted by molar-refractivity contribution is 6.06. The lowest BCUT2D eigenvalue weighted by Crippen LogP contribution is -2.45. The number of phenols is 1. The Hall–Kier alpha value is -4.73. The van der Waals surface area contributed by atoms with Crippen LogP contribution in [0.2, 0.25) is 0 Å². The fourth-order valence-corrected chi connectivity index (χ4v) is 2.82. The van der Waals surface area contributed by atoms with Crippen LogP contribution in [0.3, 0.4) is 0 Å². The van der Waals surface area contributed by atoms with Gasteiger partial charge in [-0.2, -0.15) is 15.4 Å². The molecule has 1 atom stereocenters. The number of aromatic nitrogens is 3. The summed E-state index contributed by atoms with van der Waals surface area (Å²) in [6.07, 6.45) is 3.24. The van der Waals surface area contributed by atoms with E-state index in [4.69, 9.17) is 5.73 Å². The Balaban J connectivity index is 0.00000199. The van der Waals surface area contributed by atoms with E-state index in [2.05, 4.69) is 39.2 Å². The highest BCUT2D eigenvalue weighted by Crippen LogP contribution is 2.15. The van der Waals surface area contributed by atoms with Crippen LogP contribution in [0.25, 0.3) is 6.08 Å². The maximum atomic E-state index is 12.5. The Morgan fingerprint density at radius 1 is 1.12 bits per heavy atom. The van der Waals surface area contributed by atoms with Crippen LogP contribution in [0.5, 0.6) is 5.75 Å². The fraction of sp³-hybridized carbons (Fsp3) is 0.125. The Morgan fingerprint density at radius 3 is 2.32 bits per heavy atom. The number of nitrogens with one attached hydrogen (secondary N) is 3. The van der Waals surface area contributed by atoms with E-state index in [0.29, 0.717) is 22.5 Å². The van der Waals surface area contributed by atoms with Crippen LogP contribution in [0, 0.1) is 0 Å². The van der Waals surface area contributed by atoms with Gasteiger partial charge < -0.3 is 21.5 Å². The Labute approximate surface area is 196 Å². The molecule has 10 heteroatoms. The number of phenolic OH excluding ortho intramolecular Hbond substituents is 1. The molecule has 0 saturated heterocycles. The molecule has 2 aromatic carbocycles. The summed E-state index contributed by atoms with van der Waals surface area (Å²) < 4.78 is 0. The number of nitrogens with two attached hydrogens (primary N) is 1. The normalized spacial score (nSPS) is 11.5. The summed E-state index contributed by atoms with van der Waals surface area (Å²) in [5, 5.41) is 24.6. The summed E-state index contributed by atoms with van der Waals surface area (Å²) in [5.74, 6) is -1.34. The van der Waals surface area contributed by atoms with Gasteiger partial charge in [0.15, 0.2) is 0 Å². The third-order valence-electron chi connectivity index (χ3n) is 4.57. The lowest BCUT2D eigenvalue weighted by molar-refractivity contribution is -0.119. The number of aromatic hydroxyl groups is 1. The summed E-state index contributed by atoms with van der Waals surface area (Å²) in [6, 6.07) is 11.7. The molecule has 10 nitrogen and oxygen atoms in total. The molecule has 1 heterocycles. The standard InChI is InChI=1S/C22H22N6O4.C2H4/c1-13(10-14-2-8-18(29)9-3-14)21(31)25-16-6-4-15(5-7-16)22(32)26-19(20(23)30)11-17-12-24-28-27-17;1-2/h2-10,12,19,29H,11H2,1H3,(H2,23,30)(H,25,31)(H,26,32)(H,24,27,28);1-2H2/b13-10+;/t19-;/m0./s1. The van der Waals surface area contributed by atoms with Gasteiger partial charge >= 0.3 is 0 Å². The van der Waals surface area contributed by atoms with Crippen molar-refractivity contribution in [3.8, 4) is 5.75 Å². The van der Waals surface area contributed by atoms with E-state index in [9.17, 15) is 19.5 Å². The van der Waals surface area contributed by atoms with Gasteiger partial charge in [-0.25, -0.2) is 0 Å². The van der Waals surface area contributed by atoms with Gasteiger partial charge in [0.25, 0.3) is 11.8 Å². The fourth-order valence-electron chi connectivity index (χ4n) is 2.82. The maximum absolute atomic E-state index is 12.5. The number of anilines is 1. The number of aromatic amines is 1. The number of hydrogen-bond donors (Lipinski definition) is 5. The number of rotatable bonds is 8. The SMILES string of the molecule is C/C(=C\c1ccc(O)cc1)C(=O)Nc1ccc(C(=O)N[C@@H](Cc2cn[nH]n2)C(N)=O)cc1.C=C. The lowest BCUT2D eigenvalue weighted by Gasteiger charge is -2.14. The monoisotopic (exact) mass is 462 g/mol. The van der Waals surface area contributed by atoms with Gasteiger partial charge in [-0.3, -0.25) is 14.4 Å². The largest absolute Gasteiger partial charge is 0.508 e. The van der Waals surface area contributed by atoms with Crippen molar-refractivity contribution >= 4 is 29.5 Å². The number of H-pyrrole nitrogens is 1. The smallest absolute Gasteiger partial charge is 0.251 e. The quantitative estimate of drug-likeness (QED) is 0.254. The van der Waals surface area contributed by atoms with E-state index in [0.717, 1.165) is 5.56 Å². The van der Waals surface area contributed by atoms with Gasteiger partial charge in [-0.05, 0) is 55.0 Å². The molecule has 3 amide bonds. The van der Waals surface area contributed by atoms with Crippen LogP contribution < -0.4 is 16.4 Å². The first-order valence-electron chi connectivity index (χ1n) is 10.2. The van der Waals surface area contributed by atoms with Gasteiger partial charge in [-0.15, -0.1) is 13.2 Å². The molecule has 0 aliphatic carbocycles. The third-order valence-corrected chi connectivity index (χ3v) is 4.57. The summed E-state index contributed by atoms with van der Waals surface area (Å²) >= 11 is 0.